The van der Waals surface area contributed by atoms with Crippen molar-refractivity contribution in [2.75, 3.05) is 26.7 Å². The van der Waals surface area contributed by atoms with Crippen molar-refractivity contribution >= 4 is 21.9 Å². The highest BCUT2D eigenvalue weighted by molar-refractivity contribution is 6.08. The van der Waals surface area contributed by atoms with Gasteiger partial charge in [-0.3, -0.25) is 0 Å². The van der Waals surface area contributed by atoms with Crippen LogP contribution in [0, 0.1) is 0 Å². The number of ether oxygens (including phenoxy) is 1. The number of nitrogens with zero attached hydrogens (tertiary/aromatic N) is 1. The third-order valence-electron chi connectivity index (χ3n) is 4.57. The van der Waals surface area contributed by atoms with Crippen LogP contribution in [0.4, 0.5) is 0 Å². The zero-order valence-corrected chi connectivity index (χ0v) is 15.0. The molecule has 0 saturated heterocycles. The van der Waals surface area contributed by atoms with Crippen molar-refractivity contribution in [2.24, 2.45) is 0 Å². The van der Waals surface area contributed by atoms with Gasteiger partial charge in [0.05, 0.1) is 7.11 Å². The first-order valence-corrected chi connectivity index (χ1v) is 8.98. The Hall–Kier alpha value is -2.00. The Morgan fingerprint density at radius 3 is 2.42 bits per heavy atom. The molecule has 0 amide bonds. The summed E-state index contributed by atoms with van der Waals surface area (Å²) in [5.41, 5.74) is 3.14. The Morgan fingerprint density at radius 1 is 0.958 bits per heavy atom. The Labute approximate surface area is 144 Å². The van der Waals surface area contributed by atoms with E-state index in [1.54, 1.807) is 7.11 Å². The maximum atomic E-state index is 6.08. The van der Waals surface area contributed by atoms with Gasteiger partial charge in [0.15, 0.2) is 11.3 Å². The summed E-state index contributed by atoms with van der Waals surface area (Å²) in [7, 11) is 1.70. The molecule has 0 unspecified atom stereocenters. The molecule has 24 heavy (non-hydrogen) atoms. The summed E-state index contributed by atoms with van der Waals surface area (Å²) in [5.74, 6) is 0.809. The lowest BCUT2D eigenvalue weighted by atomic mass is 10.0. The van der Waals surface area contributed by atoms with Crippen LogP contribution in [0.15, 0.2) is 40.8 Å². The third kappa shape index (κ3) is 3.27. The molecule has 0 spiro atoms. The van der Waals surface area contributed by atoms with Crippen LogP contribution in [0.25, 0.3) is 21.9 Å². The van der Waals surface area contributed by atoms with Gasteiger partial charge in [-0.25, -0.2) is 0 Å². The first-order chi connectivity index (χ1) is 11.8. The van der Waals surface area contributed by atoms with Crippen molar-refractivity contribution in [3.05, 3.63) is 42.0 Å². The molecule has 3 rings (SSSR count). The Balaban J connectivity index is 1.98. The number of rotatable bonds is 8. The average Bonchev–Trinajstić information content (AvgIpc) is 2.99. The standard InChI is InChI=1S/C21H27NO2/c1-4-13-22(14-5-2)15-12-16-10-11-19(23-3)21-20(16)17-8-6-7-9-18(17)24-21/h6-11H,4-5,12-15H2,1-3H3. The van der Waals surface area contributed by atoms with Crippen LogP contribution in [-0.4, -0.2) is 31.6 Å². The number of hydrogen-bond donors (Lipinski definition) is 0. The van der Waals surface area contributed by atoms with E-state index in [9.17, 15) is 0 Å². The summed E-state index contributed by atoms with van der Waals surface area (Å²) >= 11 is 0. The molecule has 0 fully saturated rings. The van der Waals surface area contributed by atoms with E-state index in [2.05, 4.69) is 36.9 Å². The molecular weight excluding hydrogens is 298 g/mol. The first-order valence-electron chi connectivity index (χ1n) is 8.98. The van der Waals surface area contributed by atoms with Gasteiger partial charge in [0.25, 0.3) is 0 Å². The van der Waals surface area contributed by atoms with Crippen molar-refractivity contribution < 1.29 is 9.15 Å². The molecule has 1 aromatic heterocycles. The SMILES string of the molecule is CCCN(CCC)CCc1ccc(OC)c2oc3ccccc3c12. The molecule has 0 aliphatic rings. The first kappa shape index (κ1) is 16.8. The van der Waals surface area contributed by atoms with Gasteiger partial charge >= 0.3 is 0 Å². The van der Waals surface area contributed by atoms with E-state index in [-0.39, 0.29) is 0 Å². The van der Waals surface area contributed by atoms with Crippen molar-refractivity contribution in [3.8, 4) is 5.75 Å². The minimum Gasteiger partial charge on any atom is -0.493 e. The number of para-hydroxylation sites is 1. The van der Waals surface area contributed by atoms with Crippen molar-refractivity contribution in [1.29, 1.82) is 0 Å². The highest BCUT2D eigenvalue weighted by atomic mass is 16.5. The number of fused-ring (bicyclic) bond motifs is 3. The molecule has 128 valence electrons. The van der Waals surface area contributed by atoms with Gasteiger partial charge in [0.1, 0.15) is 5.58 Å². The minimum atomic E-state index is 0.809. The van der Waals surface area contributed by atoms with Gasteiger partial charge in [0, 0.05) is 17.3 Å². The molecule has 2 aromatic carbocycles. The lowest BCUT2D eigenvalue weighted by molar-refractivity contribution is 0.278. The molecule has 0 saturated carbocycles. The van der Waals surface area contributed by atoms with E-state index < -0.39 is 0 Å². The molecule has 0 atom stereocenters. The fraction of sp³-hybridized carbons (Fsp3) is 0.429. The lowest BCUT2D eigenvalue weighted by Gasteiger charge is -2.21. The number of hydrogen-bond acceptors (Lipinski definition) is 3. The summed E-state index contributed by atoms with van der Waals surface area (Å²) in [6, 6.07) is 12.5. The number of benzene rings is 2. The van der Waals surface area contributed by atoms with Crippen molar-refractivity contribution in [1.82, 2.24) is 4.90 Å². The van der Waals surface area contributed by atoms with Crippen LogP contribution in [0.5, 0.6) is 5.75 Å². The van der Waals surface area contributed by atoms with Crippen LogP contribution in [0.1, 0.15) is 32.3 Å². The molecule has 3 aromatic rings. The molecule has 1 heterocycles. The van der Waals surface area contributed by atoms with Gasteiger partial charge in [-0.15, -0.1) is 0 Å². The van der Waals surface area contributed by atoms with Crippen LogP contribution in [-0.2, 0) is 6.42 Å². The summed E-state index contributed by atoms with van der Waals surface area (Å²) in [6.45, 7) is 7.91. The largest absolute Gasteiger partial charge is 0.493 e. The van der Waals surface area contributed by atoms with E-state index in [0.717, 1.165) is 29.9 Å². The maximum Gasteiger partial charge on any atom is 0.177 e. The highest BCUT2D eigenvalue weighted by Gasteiger charge is 2.15. The van der Waals surface area contributed by atoms with Gasteiger partial charge in [-0.05, 0) is 50.0 Å². The molecule has 3 nitrogen and oxygen atoms in total. The summed E-state index contributed by atoms with van der Waals surface area (Å²) in [5, 5.41) is 2.39. The van der Waals surface area contributed by atoms with Crippen LogP contribution >= 0.6 is 0 Å². The smallest absolute Gasteiger partial charge is 0.177 e. The summed E-state index contributed by atoms with van der Waals surface area (Å²) < 4.78 is 11.6. The molecule has 0 aliphatic heterocycles. The molecule has 3 heteroatoms. The predicted octanol–water partition coefficient (Wildman–Crippen LogP) is 5.26. The fourth-order valence-electron chi connectivity index (χ4n) is 3.49. The van der Waals surface area contributed by atoms with Crippen molar-refractivity contribution in [3.63, 3.8) is 0 Å². The predicted molar refractivity (Wildman–Crippen MR) is 101 cm³/mol. The van der Waals surface area contributed by atoms with Crippen LogP contribution < -0.4 is 4.74 Å². The molecule has 0 aliphatic carbocycles. The van der Waals surface area contributed by atoms with Gasteiger partial charge < -0.3 is 14.1 Å². The molecular formula is C21H27NO2. The highest BCUT2D eigenvalue weighted by Crippen LogP contribution is 2.37. The normalized spacial score (nSPS) is 11.7. The Bertz CT molecular complexity index is 800. The zero-order valence-electron chi connectivity index (χ0n) is 15.0. The second-order valence-corrected chi connectivity index (χ2v) is 6.32. The quantitative estimate of drug-likeness (QED) is 0.565. The second kappa shape index (κ2) is 7.71. The van der Waals surface area contributed by atoms with Gasteiger partial charge in [-0.1, -0.05) is 38.1 Å². The third-order valence-corrected chi connectivity index (χ3v) is 4.57. The second-order valence-electron chi connectivity index (χ2n) is 6.32. The van der Waals surface area contributed by atoms with E-state index in [1.165, 1.54) is 42.3 Å². The maximum absolute atomic E-state index is 6.08. The van der Waals surface area contributed by atoms with Crippen LogP contribution in [0.2, 0.25) is 0 Å². The average molecular weight is 325 g/mol. The van der Waals surface area contributed by atoms with E-state index >= 15 is 0 Å². The van der Waals surface area contributed by atoms with E-state index in [1.807, 2.05) is 18.2 Å². The minimum absolute atomic E-state index is 0.809. The topological polar surface area (TPSA) is 25.6 Å². The summed E-state index contributed by atoms with van der Waals surface area (Å²) in [6.07, 6.45) is 3.43. The molecule has 0 bridgehead atoms. The Kier molecular flexibility index (Phi) is 5.41. The van der Waals surface area contributed by atoms with Crippen molar-refractivity contribution in [2.45, 2.75) is 33.1 Å². The molecule has 0 radical (unpaired) electrons. The van der Waals surface area contributed by atoms with Crippen LogP contribution in [0.3, 0.4) is 0 Å². The zero-order chi connectivity index (χ0) is 16.9. The Morgan fingerprint density at radius 2 is 1.71 bits per heavy atom. The number of furan rings is 1. The van der Waals surface area contributed by atoms with E-state index in [4.69, 9.17) is 9.15 Å². The van der Waals surface area contributed by atoms with Gasteiger partial charge in [0.2, 0.25) is 0 Å². The number of methoxy groups -OCH3 is 1. The fourth-order valence-corrected chi connectivity index (χ4v) is 3.49. The monoisotopic (exact) mass is 325 g/mol. The lowest BCUT2D eigenvalue weighted by Crippen LogP contribution is -2.27. The summed E-state index contributed by atoms with van der Waals surface area (Å²) in [4.78, 5) is 2.55. The van der Waals surface area contributed by atoms with Gasteiger partial charge in [-0.2, -0.15) is 0 Å². The molecule has 0 N–H and O–H groups in total. The van der Waals surface area contributed by atoms with E-state index in [0.29, 0.717) is 0 Å².